The molecule has 0 saturated heterocycles. The Morgan fingerprint density at radius 2 is 1.88 bits per heavy atom. The smallest absolute Gasteiger partial charge is 0.389 e. The average Bonchev–Trinajstić information content (AvgIpc) is 2.14. The number of hydrogen-bond acceptors (Lipinski definition) is 3. The second-order valence-corrected chi connectivity index (χ2v) is 4.51. The molecular weight excluding hydrogens is 235 g/mol. The molecule has 2 N–H and O–H groups in total. The number of alkyl halides is 3. The lowest BCUT2D eigenvalue weighted by Crippen LogP contribution is -2.31. The van der Waals surface area contributed by atoms with Crippen molar-refractivity contribution in [1.82, 2.24) is 5.32 Å². The first kappa shape index (κ1) is 16.7. The summed E-state index contributed by atoms with van der Waals surface area (Å²) in [5, 5.41) is 12.2. The van der Waals surface area contributed by atoms with Crippen LogP contribution in [0.2, 0.25) is 0 Å². The van der Waals surface area contributed by atoms with Gasteiger partial charge in [-0.3, -0.25) is 0 Å². The second-order valence-electron chi connectivity index (χ2n) is 4.51. The summed E-state index contributed by atoms with van der Waals surface area (Å²) < 4.78 is 40.6. The topological polar surface area (TPSA) is 41.5 Å². The first-order valence-corrected chi connectivity index (χ1v) is 5.84. The zero-order valence-electron chi connectivity index (χ0n) is 10.4. The van der Waals surface area contributed by atoms with E-state index in [9.17, 15) is 18.3 Å². The normalized spacial score (nSPS) is 14.3. The molecule has 3 nitrogen and oxygen atoms in total. The maximum absolute atomic E-state index is 11.8. The third kappa shape index (κ3) is 13.6. The van der Waals surface area contributed by atoms with E-state index in [4.69, 9.17) is 4.74 Å². The minimum absolute atomic E-state index is 0.0308. The Kier molecular flexibility index (Phi) is 8.55. The number of aliphatic hydroxyl groups is 1. The number of aliphatic hydroxyl groups excluding tert-OH is 1. The van der Waals surface area contributed by atoms with Crippen LogP contribution < -0.4 is 5.32 Å². The monoisotopic (exact) mass is 257 g/mol. The van der Waals surface area contributed by atoms with Crippen molar-refractivity contribution in [1.29, 1.82) is 0 Å². The number of halogens is 3. The minimum atomic E-state index is -4.10. The number of ether oxygens (including phenoxy) is 1. The molecule has 0 fully saturated rings. The molecule has 0 aromatic carbocycles. The van der Waals surface area contributed by atoms with Crippen LogP contribution in [0, 0.1) is 5.92 Å². The molecule has 6 heteroatoms. The van der Waals surface area contributed by atoms with E-state index in [0.717, 1.165) is 0 Å². The lowest BCUT2D eigenvalue weighted by atomic mass is 10.2. The van der Waals surface area contributed by atoms with Gasteiger partial charge in [-0.15, -0.1) is 0 Å². The van der Waals surface area contributed by atoms with Gasteiger partial charge in [0.15, 0.2) is 0 Å². The van der Waals surface area contributed by atoms with Crippen molar-refractivity contribution in [3.05, 3.63) is 0 Å². The molecule has 1 atom stereocenters. The molecule has 0 aliphatic heterocycles. The molecule has 0 aliphatic rings. The van der Waals surface area contributed by atoms with Crippen molar-refractivity contribution >= 4 is 0 Å². The molecule has 0 rings (SSSR count). The van der Waals surface area contributed by atoms with Gasteiger partial charge in [0.25, 0.3) is 0 Å². The van der Waals surface area contributed by atoms with Crippen molar-refractivity contribution in [2.24, 2.45) is 5.92 Å². The Hall–Kier alpha value is -0.330. The number of hydrogen-bond donors (Lipinski definition) is 2. The van der Waals surface area contributed by atoms with E-state index in [-0.39, 0.29) is 26.1 Å². The largest absolute Gasteiger partial charge is 0.389 e. The fourth-order valence-electron chi connectivity index (χ4n) is 1.18. The molecule has 0 bridgehead atoms. The highest BCUT2D eigenvalue weighted by atomic mass is 19.4. The molecular formula is C11H22F3NO2. The lowest BCUT2D eigenvalue weighted by Gasteiger charge is -2.13. The van der Waals surface area contributed by atoms with E-state index in [1.807, 2.05) is 13.8 Å². The van der Waals surface area contributed by atoms with E-state index < -0.39 is 18.7 Å². The van der Waals surface area contributed by atoms with Crippen LogP contribution in [0.3, 0.4) is 0 Å². The first-order chi connectivity index (χ1) is 7.81. The molecule has 0 aromatic heterocycles. The van der Waals surface area contributed by atoms with E-state index in [0.29, 0.717) is 12.5 Å². The van der Waals surface area contributed by atoms with Gasteiger partial charge in [0, 0.05) is 19.6 Å². The number of rotatable bonds is 9. The van der Waals surface area contributed by atoms with Crippen LogP contribution in [0.1, 0.15) is 26.7 Å². The van der Waals surface area contributed by atoms with Crippen LogP contribution in [-0.2, 0) is 4.74 Å². The van der Waals surface area contributed by atoms with Gasteiger partial charge in [0.05, 0.1) is 12.7 Å². The van der Waals surface area contributed by atoms with Gasteiger partial charge in [-0.25, -0.2) is 0 Å². The molecule has 0 saturated carbocycles. The molecule has 1 unspecified atom stereocenters. The lowest BCUT2D eigenvalue weighted by molar-refractivity contribution is -0.135. The van der Waals surface area contributed by atoms with Gasteiger partial charge in [0.2, 0.25) is 0 Å². The predicted octanol–water partition coefficient (Wildman–Crippen LogP) is 1.95. The van der Waals surface area contributed by atoms with E-state index in [1.54, 1.807) is 0 Å². The molecule has 17 heavy (non-hydrogen) atoms. The third-order valence-electron chi connectivity index (χ3n) is 1.96. The number of nitrogens with one attached hydrogen (secondary N) is 1. The third-order valence-corrected chi connectivity index (χ3v) is 1.96. The van der Waals surface area contributed by atoms with E-state index >= 15 is 0 Å². The summed E-state index contributed by atoms with van der Waals surface area (Å²) in [6.07, 6.45) is -5.52. The molecule has 0 spiro atoms. The van der Waals surface area contributed by atoms with Crippen molar-refractivity contribution in [3.8, 4) is 0 Å². The van der Waals surface area contributed by atoms with Crippen LogP contribution in [-0.4, -0.2) is 43.7 Å². The molecule has 0 radical (unpaired) electrons. The minimum Gasteiger partial charge on any atom is -0.389 e. The molecule has 0 aliphatic carbocycles. The summed E-state index contributed by atoms with van der Waals surface area (Å²) in [5.41, 5.74) is 0. The standard InChI is InChI=1S/C11H22F3NO2/c1-9(2)7-17-8-10(16)6-15-5-3-4-11(12,13)14/h9-10,15-16H,3-8H2,1-2H3. The average molecular weight is 257 g/mol. The zero-order valence-corrected chi connectivity index (χ0v) is 10.4. The Morgan fingerprint density at radius 1 is 1.24 bits per heavy atom. The van der Waals surface area contributed by atoms with Crippen molar-refractivity contribution in [2.75, 3.05) is 26.3 Å². The van der Waals surface area contributed by atoms with Crippen molar-refractivity contribution in [3.63, 3.8) is 0 Å². The Labute approximate surface area is 100 Å². The summed E-state index contributed by atoms with van der Waals surface area (Å²) in [7, 11) is 0. The fourth-order valence-corrected chi connectivity index (χ4v) is 1.18. The van der Waals surface area contributed by atoms with Gasteiger partial charge in [-0.2, -0.15) is 13.2 Å². The second kappa shape index (κ2) is 8.72. The highest BCUT2D eigenvalue weighted by Gasteiger charge is 2.25. The van der Waals surface area contributed by atoms with Crippen LogP contribution in [0.4, 0.5) is 13.2 Å². The molecule has 104 valence electrons. The van der Waals surface area contributed by atoms with Gasteiger partial charge in [0.1, 0.15) is 0 Å². The van der Waals surface area contributed by atoms with Gasteiger partial charge >= 0.3 is 6.18 Å². The summed E-state index contributed by atoms with van der Waals surface area (Å²) in [6, 6.07) is 0. The highest BCUT2D eigenvalue weighted by molar-refractivity contribution is 4.60. The Bertz CT molecular complexity index is 186. The Morgan fingerprint density at radius 3 is 2.41 bits per heavy atom. The zero-order chi connectivity index (χ0) is 13.3. The van der Waals surface area contributed by atoms with Crippen LogP contribution in [0.5, 0.6) is 0 Å². The van der Waals surface area contributed by atoms with Gasteiger partial charge < -0.3 is 15.2 Å². The summed E-state index contributed by atoms with van der Waals surface area (Å²) >= 11 is 0. The molecule has 0 amide bonds. The van der Waals surface area contributed by atoms with E-state index in [1.165, 1.54) is 0 Å². The highest BCUT2D eigenvalue weighted by Crippen LogP contribution is 2.20. The molecule has 0 aromatic rings. The van der Waals surface area contributed by atoms with Crippen LogP contribution >= 0.6 is 0 Å². The van der Waals surface area contributed by atoms with Gasteiger partial charge in [-0.1, -0.05) is 13.8 Å². The first-order valence-electron chi connectivity index (χ1n) is 5.84. The summed E-state index contributed by atoms with van der Waals surface area (Å²) in [4.78, 5) is 0. The maximum Gasteiger partial charge on any atom is 0.389 e. The summed E-state index contributed by atoms with van der Waals surface area (Å²) in [6.45, 7) is 5.30. The summed E-state index contributed by atoms with van der Waals surface area (Å²) in [5.74, 6) is 0.405. The SMILES string of the molecule is CC(C)COCC(O)CNCCCC(F)(F)F. The maximum atomic E-state index is 11.8. The van der Waals surface area contributed by atoms with E-state index in [2.05, 4.69) is 5.32 Å². The quantitative estimate of drug-likeness (QED) is 0.620. The Balaban J connectivity index is 3.30. The van der Waals surface area contributed by atoms with Crippen LogP contribution in [0.25, 0.3) is 0 Å². The molecule has 0 heterocycles. The van der Waals surface area contributed by atoms with Crippen molar-refractivity contribution < 1.29 is 23.0 Å². The van der Waals surface area contributed by atoms with Gasteiger partial charge in [-0.05, 0) is 18.9 Å². The fraction of sp³-hybridized carbons (Fsp3) is 1.00. The predicted molar refractivity (Wildman–Crippen MR) is 59.8 cm³/mol. The van der Waals surface area contributed by atoms with Crippen LogP contribution in [0.15, 0.2) is 0 Å². The van der Waals surface area contributed by atoms with Crippen molar-refractivity contribution in [2.45, 2.75) is 39.0 Å².